The van der Waals surface area contributed by atoms with Crippen LogP contribution in [0.3, 0.4) is 0 Å². The Bertz CT molecular complexity index is 170. The highest BCUT2D eigenvalue weighted by Gasteiger charge is 2.08. The normalized spacial score (nSPS) is 19.6. The van der Waals surface area contributed by atoms with Crippen LogP contribution in [-0.4, -0.2) is 48.3 Å². The summed E-state index contributed by atoms with van der Waals surface area (Å²) >= 11 is 3.98. The Morgan fingerprint density at radius 3 is 1.48 bits per heavy atom. The van der Waals surface area contributed by atoms with Crippen LogP contribution in [0, 0.1) is 0 Å². The Labute approximate surface area is 155 Å². The van der Waals surface area contributed by atoms with Crippen molar-refractivity contribution >= 4 is 23.5 Å². The topological polar surface area (TPSA) is 61.3 Å². The average molecular weight is 369 g/mol. The predicted octanol–water partition coefficient (Wildman–Crippen LogP) is 4.78. The monoisotopic (exact) mass is 368 g/mol. The first-order valence-electron chi connectivity index (χ1n) is 9.45. The molecule has 2 heterocycles. The predicted molar refractivity (Wildman–Crippen MR) is 114 cm³/mol. The highest BCUT2D eigenvalue weighted by Crippen LogP contribution is 2.14. The summed E-state index contributed by atoms with van der Waals surface area (Å²) in [4.78, 5) is 0. The molecule has 0 aliphatic carbocycles. The molecular formula is C18H44N2OS2. The summed E-state index contributed by atoms with van der Waals surface area (Å²) in [6.45, 7) is 13.9. The maximum Gasteiger partial charge on any atom is 0.0463 e. The van der Waals surface area contributed by atoms with Crippen LogP contribution < -0.4 is 11.5 Å². The summed E-state index contributed by atoms with van der Waals surface area (Å²) < 4.78 is 4.98. The van der Waals surface area contributed by atoms with Crippen LogP contribution in [0.2, 0.25) is 0 Å². The van der Waals surface area contributed by atoms with Gasteiger partial charge in [-0.25, -0.2) is 0 Å². The second-order valence-electron chi connectivity index (χ2n) is 4.77. The molecule has 0 amide bonds. The highest BCUT2D eigenvalue weighted by molar-refractivity contribution is 7.99. The summed E-state index contributed by atoms with van der Waals surface area (Å²) in [7, 11) is 0. The molecule has 0 aromatic carbocycles. The van der Waals surface area contributed by atoms with Crippen LogP contribution in [0.15, 0.2) is 0 Å². The van der Waals surface area contributed by atoms with Gasteiger partial charge in [-0.05, 0) is 49.9 Å². The Morgan fingerprint density at radius 1 is 0.826 bits per heavy atom. The van der Waals surface area contributed by atoms with Crippen molar-refractivity contribution in [3.63, 3.8) is 0 Å². The third-order valence-corrected chi connectivity index (χ3v) is 5.02. The first kappa shape index (κ1) is 28.4. The van der Waals surface area contributed by atoms with E-state index in [4.69, 9.17) is 16.2 Å². The van der Waals surface area contributed by atoms with Gasteiger partial charge in [0, 0.05) is 31.1 Å². The molecule has 2 aliphatic rings. The van der Waals surface area contributed by atoms with E-state index in [0.717, 1.165) is 19.6 Å². The molecule has 1 unspecified atom stereocenters. The van der Waals surface area contributed by atoms with Crippen LogP contribution in [0.5, 0.6) is 0 Å². The van der Waals surface area contributed by atoms with Gasteiger partial charge in [-0.1, -0.05) is 34.6 Å². The lowest BCUT2D eigenvalue weighted by molar-refractivity contribution is 0.148. The van der Waals surface area contributed by atoms with E-state index in [0.29, 0.717) is 12.1 Å². The Balaban J connectivity index is -0.000000236. The van der Waals surface area contributed by atoms with Gasteiger partial charge in [0.1, 0.15) is 0 Å². The van der Waals surface area contributed by atoms with E-state index in [2.05, 4.69) is 6.92 Å². The van der Waals surface area contributed by atoms with Crippen molar-refractivity contribution in [2.24, 2.45) is 11.5 Å². The summed E-state index contributed by atoms with van der Waals surface area (Å²) in [6.07, 6.45) is 4.81. The lowest BCUT2D eigenvalue weighted by Crippen LogP contribution is -2.24. The zero-order valence-corrected chi connectivity index (χ0v) is 18.2. The second-order valence-corrected chi connectivity index (χ2v) is 7.14. The lowest BCUT2D eigenvalue weighted by atomic mass is 10.2. The summed E-state index contributed by atoms with van der Waals surface area (Å²) in [5, 5.41) is 0. The van der Waals surface area contributed by atoms with Crippen molar-refractivity contribution in [3.05, 3.63) is 0 Å². The molecule has 144 valence electrons. The van der Waals surface area contributed by atoms with E-state index in [1.54, 1.807) is 0 Å². The number of thioether (sulfide) groups is 2. The molecular weight excluding hydrogens is 324 g/mol. The van der Waals surface area contributed by atoms with Gasteiger partial charge < -0.3 is 16.2 Å². The molecule has 2 saturated heterocycles. The fourth-order valence-electron chi connectivity index (χ4n) is 1.56. The number of rotatable bonds is 3. The molecule has 3 nitrogen and oxygen atoms in total. The van der Waals surface area contributed by atoms with E-state index < -0.39 is 0 Å². The molecule has 0 aromatic rings. The highest BCUT2D eigenvalue weighted by atomic mass is 32.2. The fourth-order valence-corrected chi connectivity index (χ4v) is 3.81. The first-order chi connectivity index (χ1) is 11.2. The average Bonchev–Trinajstić information content (AvgIpc) is 3.09. The van der Waals surface area contributed by atoms with Crippen molar-refractivity contribution in [3.8, 4) is 0 Å². The van der Waals surface area contributed by atoms with E-state index in [-0.39, 0.29) is 0 Å². The van der Waals surface area contributed by atoms with Gasteiger partial charge in [0.05, 0.1) is 0 Å². The van der Waals surface area contributed by atoms with E-state index >= 15 is 0 Å². The van der Waals surface area contributed by atoms with Crippen LogP contribution in [0.1, 0.15) is 67.2 Å². The number of nitrogens with two attached hydrogens (primary N) is 2. The number of hydrogen-bond acceptors (Lipinski definition) is 5. The lowest BCUT2D eigenvalue weighted by Gasteiger charge is -2.15. The quantitative estimate of drug-likeness (QED) is 0.702. The number of ether oxygens (including phenoxy) is 1. The van der Waals surface area contributed by atoms with Crippen LogP contribution in [0.25, 0.3) is 0 Å². The van der Waals surface area contributed by atoms with Gasteiger partial charge in [0.25, 0.3) is 0 Å². The maximum atomic E-state index is 5.62. The standard InChI is InChI=1S/C5H11NS.C5H12O.C4H9NS.2C2H6/c6-5-1-3-7-4-2-5;1-3-5-6-4-2;5-4-1-2-6-3-4;2*1-2/h5H,1-4,6H2;3-5H2,1-2H3;4H,1-3,5H2;2*1-2H3. The molecule has 1 atom stereocenters. The third-order valence-electron chi connectivity index (χ3n) is 2.78. The Hall–Kier alpha value is 0.580. The van der Waals surface area contributed by atoms with E-state index in [9.17, 15) is 0 Å². The van der Waals surface area contributed by atoms with Crippen molar-refractivity contribution in [2.75, 3.05) is 36.2 Å². The zero-order valence-electron chi connectivity index (χ0n) is 16.6. The SMILES string of the molecule is CC.CC.CCCOCC.NC1CCSC1.NC1CCSCC1. The second kappa shape index (κ2) is 27.4. The Kier molecular flexibility index (Phi) is 33.9. The Morgan fingerprint density at radius 2 is 1.30 bits per heavy atom. The molecule has 0 aromatic heterocycles. The summed E-state index contributed by atoms with van der Waals surface area (Å²) in [6, 6.07) is 1.02. The van der Waals surface area contributed by atoms with Crippen molar-refractivity contribution in [1.82, 2.24) is 0 Å². The van der Waals surface area contributed by atoms with Crippen molar-refractivity contribution in [2.45, 2.75) is 79.3 Å². The van der Waals surface area contributed by atoms with Gasteiger partial charge in [0.2, 0.25) is 0 Å². The molecule has 4 N–H and O–H groups in total. The molecule has 5 heteroatoms. The first-order valence-corrected chi connectivity index (χ1v) is 11.8. The van der Waals surface area contributed by atoms with Crippen LogP contribution in [-0.2, 0) is 4.74 Å². The molecule has 2 aliphatic heterocycles. The zero-order chi connectivity index (χ0) is 18.3. The van der Waals surface area contributed by atoms with Crippen molar-refractivity contribution < 1.29 is 4.74 Å². The summed E-state index contributed by atoms with van der Waals surface area (Å²) in [5.41, 5.74) is 11.1. The molecule has 0 spiro atoms. The van der Waals surface area contributed by atoms with Crippen molar-refractivity contribution in [1.29, 1.82) is 0 Å². The number of hydrogen-bond donors (Lipinski definition) is 2. The van der Waals surface area contributed by atoms with Gasteiger partial charge >= 0.3 is 0 Å². The van der Waals surface area contributed by atoms with Gasteiger partial charge in [-0.15, -0.1) is 0 Å². The fraction of sp³-hybridized carbons (Fsp3) is 1.00. The molecule has 0 bridgehead atoms. The molecule has 0 saturated carbocycles. The van der Waals surface area contributed by atoms with E-state index in [1.807, 2.05) is 58.1 Å². The van der Waals surface area contributed by atoms with Gasteiger partial charge in [0.15, 0.2) is 0 Å². The minimum absolute atomic E-state index is 0.509. The smallest absolute Gasteiger partial charge is 0.0463 e. The minimum Gasteiger partial charge on any atom is -0.382 e. The van der Waals surface area contributed by atoms with Gasteiger partial charge in [-0.2, -0.15) is 23.5 Å². The molecule has 2 fully saturated rings. The van der Waals surface area contributed by atoms with Gasteiger partial charge in [-0.3, -0.25) is 0 Å². The third kappa shape index (κ3) is 27.7. The molecule has 2 rings (SSSR count). The van der Waals surface area contributed by atoms with Crippen LogP contribution >= 0.6 is 23.5 Å². The molecule has 23 heavy (non-hydrogen) atoms. The van der Waals surface area contributed by atoms with Crippen LogP contribution in [0.4, 0.5) is 0 Å². The van der Waals surface area contributed by atoms with E-state index in [1.165, 1.54) is 42.3 Å². The largest absolute Gasteiger partial charge is 0.382 e. The maximum absolute atomic E-state index is 5.62. The molecule has 0 radical (unpaired) electrons. The minimum atomic E-state index is 0.509. The summed E-state index contributed by atoms with van der Waals surface area (Å²) in [5.74, 6) is 5.02.